The summed E-state index contributed by atoms with van der Waals surface area (Å²) in [4.78, 5) is 14.4. The number of ether oxygens (including phenoxy) is 2. The first-order valence-electron chi connectivity index (χ1n) is 6.76. The smallest absolute Gasteiger partial charge is 0.226 e. The Kier molecular flexibility index (Phi) is 2.10. The van der Waals surface area contributed by atoms with E-state index < -0.39 is 0 Å². The van der Waals surface area contributed by atoms with Crippen molar-refractivity contribution in [2.24, 2.45) is 23.7 Å². The van der Waals surface area contributed by atoms with Crippen molar-refractivity contribution in [2.45, 2.75) is 25.6 Å². The average molecular weight is 237 g/mol. The van der Waals surface area contributed by atoms with Crippen molar-refractivity contribution in [3.05, 3.63) is 0 Å². The molecular formula is C13H19NO3. The third-order valence-electron chi connectivity index (χ3n) is 4.97. The molecule has 0 N–H and O–H groups in total. The lowest BCUT2D eigenvalue weighted by Gasteiger charge is -2.19. The van der Waals surface area contributed by atoms with Gasteiger partial charge in [-0.3, -0.25) is 4.79 Å². The molecule has 1 amide bonds. The topological polar surface area (TPSA) is 38.8 Å². The molecule has 6 atom stereocenters. The summed E-state index contributed by atoms with van der Waals surface area (Å²) in [5.41, 5.74) is 0. The van der Waals surface area contributed by atoms with E-state index in [0.717, 1.165) is 32.7 Å². The first kappa shape index (κ1) is 10.3. The van der Waals surface area contributed by atoms with Gasteiger partial charge in [-0.2, -0.15) is 0 Å². The summed E-state index contributed by atoms with van der Waals surface area (Å²) in [5, 5.41) is 0. The Morgan fingerprint density at radius 3 is 2.71 bits per heavy atom. The molecule has 4 fully saturated rings. The maximum absolute atomic E-state index is 12.3. The van der Waals surface area contributed by atoms with Crippen LogP contribution in [0.25, 0.3) is 0 Å². The van der Waals surface area contributed by atoms with E-state index in [9.17, 15) is 4.79 Å². The molecule has 4 nitrogen and oxygen atoms in total. The number of amides is 1. The second kappa shape index (κ2) is 3.45. The number of fused-ring (bicyclic) bond motifs is 2. The number of carbonyl (C=O) groups excluding carboxylic acids is 1. The molecule has 4 heteroatoms. The Hall–Kier alpha value is -0.610. The van der Waals surface area contributed by atoms with Gasteiger partial charge in [0.1, 0.15) is 0 Å². The maximum atomic E-state index is 12.3. The Morgan fingerprint density at radius 2 is 2.00 bits per heavy atom. The normalized spacial score (nSPS) is 51.5. The van der Waals surface area contributed by atoms with Crippen LogP contribution in [0.3, 0.4) is 0 Å². The van der Waals surface area contributed by atoms with E-state index in [-0.39, 0.29) is 5.92 Å². The molecule has 4 aliphatic rings. The van der Waals surface area contributed by atoms with Crippen LogP contribution in [0.1, 0.15) is 13.3 Å². The van der Waals surface area contributed by atoms with Crippen LogP contribution in [0.15, 0.2) is 0 Å². The minimum atomic E-state index is 0.278. The lowest BCUT2D eigenvalue weighted by molar-refractivity contribution is -0.133. The van der Waals surface area contributed by atoms with Crippen LogP contribution in [-0.4, -0.2) is 49.3 Å². The van der Waals surface area contributed by atoms with Crippen molar-refractivity contribution in [3.8, 4) is 0 Å². The third-order valence-corrected chi connectivity index (χ3v) is 4.97. The van der Waals surface area contributed by atoms with Crippen molar-refractivity contribution in [3.63, 3.8) is 0 Å². The molecule has 17 heavy (non-hydrogen) atoms. The molecule has 3 aliphatic heterocycles. The molecule has 3 saturated heterocycles. The van der Waals surface area contributed by atoms with E-state index in [4.69, 9.17) is 9.47 Å². The van der Waals surface area contributed by atoms with Gasteiger partial charge in [-0.05, 0) is 25.2 Å². The Bertz CT molecular complexity index is 335. The minimum Gasteiger partial charge on any atom is -0.381 e. The van der Waals surface area contributed by atoms with Crippen molar-refractivity contribution < 1.29 is 14.3 Å². The quantitative estimate of drug-likeness (QED) is 0.667. The zero-order valence-corrected chi connectivity index (χ0v) is 10.2. The number of hydrogen-bond acceptors (Lipinski definition) is 3. The van der Waals surface area contributed by atoms with Gasteiger partial charge in [0, 0.05) is 24.9 Å². The van der Waals surface area contributed by atoms with Crippen LogP contribution in [0.2, 0.25) is 0 Å². The fourth-order valence-corrected chi connectivity index (χ4v) is 4.00. The van der Waals surface area contributed by atoms with Crippen molar-refractivity contribution in [1.29, 1.82) is 0 Å². The van der Waals surface area contributed by atoms with Gasteiger partial charge in [-0.1, -0.05) is 0 Å². The highest BCUT2D eigenvalue weighted by molar-refractivity contribution is 5.83. The predicted octanol–water partition coefficient (Wildman–Crippen LogP) is 0.515. The molecule has 1 saturated carbocycles. The number of rotatable bonds is 1. The van der Waals surface area contributed by atoms with Crippen molar-refractivity contribution >= 4 is 5.91 Å². The molecule has 94 valence electrons. The Labute approximate surface area is 101 Å². The highest BCUT2D eigenvalue weighted by atomic mass is 16.5. The van der Waals surface area contributed by atoms with Gasteiger partial charge in [0.15, 0.2) is 0 Å². The zero-order valence-electron chi connectivity index (χ0n) is 10.2. The molecular weight excluding hydrogens is 218 g/mol. The molecule has 0 aromatic carbocycles. The number of carbonyl (C=O) groups is 1. The third kappa shape index (κ3) is 1.47. The molecule has 0 spiro atoms. The summed E-state index contributed by atoms with van der Waals surface area (Å²) in [6.07, 6.45) is 1.81. The van der Waals surface area contributed by atoms with Crippen LogP contribution in [0.4, 0.5) is 0 Å². The van der Waals surface area contributed by atoms with Crippen LogP contribution >= 0.6 is 0 Å². The molecule has 1 unspecified atom stereocenters. The zero-order chi connectivity index (χ0) is 11.6. The van der Waals surface area contributed by atoms with Crippen LogP contribution in [0.5, 0.6) is 0 Å². The molecule has 0 bridgehead atoms. The van der Waals surface area contributed by atoms with E-state index in [0.29, 0.717) is 35.9 Å². The molecule has 3 heterocycles. The summed E-state index contributed by atoms with van der Waals surface area (Å²) >= 11 is 0. The van der Waals surface area contributed by atoms with Gasteiger partial charge >= 0.3 is 0 Å². The Morgan fingerprint density at radius 1 is 1.24 bits per heavy atom. The van der Waals surface area contributed by atoms with E-state index >= 15 is 0 Å². The second-order valence-electron chi connectivity index (χ2n) is 6.12. The maximum Gasteiger partial charge on any atom is 0.226 e. The molecule has 4 rings (SSSR count). The average Bonchev–Trinajstić information content (AvgIpc) is 2.71. The lowest BCUT2D eigenvalue weighted by Crippen LogP contribution is -2.33. The van der Waals surface area contributed by atoms with Gasteiger partial charge < -0.3 is 14.4 Å². The fourth-order valence-electron chi connectivity index (χ4n) is 4.00. The van der Waals surface area contributed by atoms with Crippen LogP contribution < -0.4 is 0 Å². The number of hydrogen-bond donors (Lipinski definition) is 0. The van der Waals surface area contributed by atoms with Crippen molar-refractivity contribution in [1.82, 2.24) is 4.90 Å². The lowest BCUT2D eigenvalue weighted by atomic mass is 10.0. The van der Waals surface area contributed by atoms with E-state index in [1.165, 1.54) is 0 Å². The highest BCUT2D eigenvalue weighted by Crippen LogP contribution is 2.52. The predicted molar refractivity (Wildman–Crippen MR) is 60.3 cm³/mol. The van der Waals surface area contributed by atoms with Crippen molar-refractivity contribution in [2.75, 3.05) is 26.3 Å². The standard InChI is InChI=1S/C13H19NO3/c1-7-2-8-3-14(4-11(8)17-7)13(15)12-9-5-16-6-10(9)12/h7-12H,2-6H2,1H3/t7-,8+,9-,10+,11-,12?/m0/s1. The Balaban J connectivity index is 1.40. The van der Waals surface area contributed by atoms with Gasteiger partial charge in [0.2, 0.25) is 5.91 Å². The monoisotopic (exact) mass is 237 g/mol. The summed E-state index contributed by atoms with van der Waals surface area (Å²) in [5.74, 6) is 2.29. The molecule has 1 aliphatic carbocycles. The summed E-state index contributed by atoms with van der Waals surface area (Å²) in [7, 11) is 0. The van der Waals surface area contributed by atoms with E-state index in [1.54, 1.807) is 0 Å². The highest BCUT2D eigenvalue weighted by Gasteiger charge is 2.59. The van der Waals surface area contributed by atoms with E-state index in [2.05, 4.69) is 6.92 Å². The second-order valence-corrected chi connectivity index (χ2v) is 6.12. The first-order valence-corrected chi connectivity index (χ1v) is 6.76. The van der Waals surface area contributed by atoms with Crippen LogP contribution in [-0.2, 0) is 14.3 Å². The molecule has 0 aromatic heterocycles. The van der Waals surface area contributed by atoms with E-state index in [1.807, 2.05) is 4.90 Å². The summed E-state index contributed by atoms with van der Waals surface area (Å²) in [6, 6.07) is 0. The molecule has 0 radical (unpaired) electrons. The molecule has 0 aromatic rings. The largest absolute Gasteiger partial charge is 0.381 e. The number of nitrogens with zero attached hydrogens (tertiary/aromatic N) is 1. The first-order chi connectivity index (χ1) is 8.24. The number of likely N-dealkylation sites (tertiary alicyclic amines) is 1. The fraction of sp³-hybridized carbons (Fsp3) is 0.923. The van der Waals surface area contributed by atoms with Crippen LogP contribution in [0, 0.1) is 23.7 Å². The van der Waals surface area contributed by atoms with Gasteiger partial charge in [0.25, 0.3) is 0 Å². The van der Waals surface area contributed by atoms with Gasteiger partial charge in [-0.15, -0.1) is 0 Å². The summed E-state index contributed by atoms with van der Waals surface area (Å²) in [6.45, 7) is 5.48. The minimum absolute atomic E-state index is 0.278. The SMILES string of the molecule is C[C@H]1C[C@@H]2CN(C(=O)C3[C@H]4COC[C@@H]34)C[C@@H]2O1. The van der Waals surface area contributed by atoms with Gasteiger partial charge in [0.05, 0.1) is 25.4 Å². The summed E-state index contributed by atoms with van der Waals surface area (Å²) < 4.78 is 11.2. The van der Waals surface area contributed by atoms with Gasteiger partial charge in [-0.25, -0.2) is 0 Å².